The standard InChI is InChI=1S/C43H56N5O2/c1-9-28-46-36-22-15-13-20-33(36)42(5,6)38(46)26-24-31-18-17-19-32(40(31)48-30-35(44-45-48)41(49-11-3)50-12-4)25-27-39-43(7,8)34-21-14-16-23-37(34)47(39)29-10-2/h13-16,20-27,30,41H,9-12,17-19,28-29H2,1-8H3/q+1. The summed E-state index contributed by atoms with van der Waals surface area (Å²) in [5.41, 5.74) is 12.2. The lowest BCUT2D eigenvalue weighted by molar-refractivity contribution is -0.437. The van der Waals surface area contributed by atoms with Crippen LogP contribution in [0.5, 0.6) is 0 Å². The maximum Gasteiger partial charge on any atom is 0.209 e. The quantitative estimate of drug-likeness (QED) is 0.133. The smallest absolute Gasteiger partial charge is 0.209 e. The summed E-state index contributed by atoms with van der Waals surface area (Å²) in [6.45, 7) is 20.9. The summed E-state index contributed by atoms with van der Waals surface area (Å²) in [6, 6.07) is 17.7. The van der Waals surface area contributed by atoms with Gasteiger partial charge < -0.3 is 14.4 Å². The fourth-order valence-corrected chi connectivity index (χ4v) is 8.12. The highest BCUT2D eigenvalue weighted by atomic mass is 16.7. The van der Waals surface area contributed by atoms with E-state index in [9.17, 15) is 0 Å². The van der Waals surface area contributed by atoms with Gasteiger partial charge in [0, 0.05) is 60.7 Å². The first-order valence-corrected chi connectivity index (χ1v) is 18.8. The first kappa shape index (κ1) is 35.7. The molecule has 3 aliphatic rings. The van der Waals surface area contributed by atoms with Crippen LogP contribution in [0.3, 0.4) is 0 Å². The van der Waals surface area contributed by atoms with Gasteiger partial charge in [0.05, 0.1) is 17.3 Å². The Kier molecular flexibility index (Phi) is 10.8. The van der Waals surface area contributed by atoms with Crippen LogP contribution < -0.4 is 4.90 Å². The largest absolute Gasteiger partial charge is 0.347 e. The van der Waals surface area contributed by atoms with Gasteiger partial charge >= 0.3 is 0 Å². The molecule has 2 aliphatic heterocycles. The molecule has 0 atom stereocenters. The Balaban J connectivity index is 1.48. The maximum atomic E-state index is 5.92. The van der Waals surface area contributed by atoms with Gasteiger partial charge in [-0.2, -0.15) is 4.58 Å². The second-order valence-corrected chi connectivity index (χ2v) is 14.6. The van der Waals surface area contributed by atoms with Crippen molar-refractivity contribution in [1.82, 2.24) is 15.0 Å². The molecule has 264 valence electrons. The van der Waals surface area contributed by atoms with E-state index in [0.717, 1.165) is 50.9 Å². The summed E-state index contributed by atoms with van der Waals surface area (Å²) in [6.07, 6.45) is 16.0. The molecular formula is C43H56N5O2+. The van der Waals surface area contributed by atoms with Crippen molar-refractivity contribution in [3.8, 4) is 0 Å². The molecule has 3 aromatic rings. The molecule has 50 heavy (non-hydrogen) atoms. The second-order valence-electron chi connectivity index (χ2n) is 14.6. The average Bonchev–Trinajstić information content (AvgIpc) is 3.74. The minimum absolute atomic E-state index is 0.102. The van der Waals surface area contributed by atoms with Crippen LogP contribution in [0.15, 0.2) is 95.9 Å². The Hall–Kier alpha value is -4.07. The summed E-state index contributed by atoms with van der Waals surface area (Å²) in [4.78, 5) is 2.51. The predicted octanol–water partition coefficient (Wildman–Crippen LogP) is 9.81. The number of benzene rings is 2. The third-order valence-electron chi connectivity index (χ3n) is 10.5. The molecule has 0 saturated heterocycles. The molecule has 1 aliphatic carbocycles. The first-order valence-electron chi connectivity index (χ1n) is 18.8. The molecule has 7 nitrogen and oxygen atoms in total. The molecule has 0 unspecified atom stereocenters. The number of para-hydroxylation sites is 2. The van der Waals surface area contributed by atoms with Gasteiger partial charge in [-0.25, -0.2) is 4.68 Å². The first-order chi connectivity index (χ1) is 24.2. The van der Waals surface area contributed by atoms with Crippen LogP contribution in [0.2, 0.25) is 0 Å². The zero-order chi connectivity index (χ0) is 35.5. The Labute approximate surface area is 299 Å². The van der Waals surface area contributed by atoms with Crippen LogP contribution in [-0.2, 0) is 20.3 Å². The fraction of sp³-hybridized carbons (Fsp3) is 0.465. The second kappa shape index (κ2) is 15.0. The number of rotatable bonds is 13. The van der Waals surface area contributed by atoms with Crippen molar-refractivity contribution in [3.63, 3.8) is 0 Å². The van der Waals surface area contributed by atoms with Gasteiger partial charge in [-0.15, -0.1) is 5.10 Å². The van der Waals surface area contributed by atoms with E-state index in [4.69, 9.17) is 14.7 Å². The lowest BCUT2D eigenvalue weighted by Crippen LogP contribution is -2.28. The van der Waals surface area contributed by atoms with E-state index in [1.807, 2.05) is 24.7 Å². The van der Waals surface area contributed by atoms with E-state index in [1.165, 1.54) is 45.1 Å². The molecule has 0 bridgehead atoms. The van der Waals surface area contributed by atoms with Crippen LogP contribution in [0, 0.1) is 0 Å². The van der Waals surface area contributed by atoms with Crippen LogP contribution in [-0.4, -0.2) is 51.6 Å². The molecule has 1 aromatic heterocycles. The predicted molar refractivity (Wildman–Crippen MR) is 205 cm³/mol. The molecule has 0 spiro atoms. The molecule has 0 fully saturated rings. The fourth-order valence-electron chi connectivity index (χ4n) is 8.12. The Morgan fingerprint density at radius 3 is 2.28 bits per heavy atom. The maximum absolute atomic E-state index is 5.92. The summed E-state index contributed by atoms with van der Waals surface area (Å²) >= 11 is 0. The van der Waals surface area contributed by atoms with Crippen molar-refractivity contribution in [2.45, 2.75) is 105 Å². The van der Waals surface area contributed by atoms with E-state index in [2.05, 4.69) is 129 Å². The lowest BCUT2D eigenvalue weighted by Gasteiger charge is -2.27. The van der Waals surface area contributed by atoms with Crippen molar-refractivity contribution >= 4 is 22.8 Å². The zero-order valence-corrected chi connectivity index (χ0v) is 31.5. The SMILES string of the molecule is CCCN1/C(=C/C=C2\CCCC(/C=C/C3=[N+](CCC)c4ccccc4C3(C)C)=C2n2cc(C(OCC)OCC)nn2)C(C)(C)c2ccccc21. The topological polar surface area (TPSA) is 55.4 Å². The van der Waals surface area contributed by atoms with Crippen molar-refractivity contribution in [2.24, 2.45) is 0 Å². The minimum Gasteiger partial charge on any atom is -0.347 e. The monoisotopic (exact) mass is 674 g/mol. The van der Waals surface area contributed by atoms with E-state index < -0.39 is 6.29 Å². The highest BCUT2D eigenvalue weighted by Gasteiger charge is 2.44. The Morgan fingerprint density at radius 1 is 0.840 bits per heavy atom. The summed E-state index contributed by atoms with van der Waals surface area (Å²) < 4.78 is 16.3. The van der Waals surface area contributed by atoms with Crippen molar-refractivity contribution in [2.75, 3.05) is 31.2 Å². The van der Waals surface area contributed by atoms with E-state index >= 15 is 0 Å². The number of allylic oxidation sites excluding steroid dienone is 8. The van der Waals surface area contributed by atoms with Gasteiger partial charge in [0.25, 0.3) is 0 Å². The Bertz CT molecular complexity index is 1850. The molecule has 7 heteroatoms. The Morgan fingerprint density at radius 2 is 1.56 bits per heavy atom. The number of nitrogens with zero attached hydrogens (tertiary/aromatic N) is 5. The number of fused-ring (bicyclic) bond motifs is 2. The van der Waals surface area contributed by atoms with Gasteiger partial charge in [-0.3, -0.25) is 0 Å². The molecule has 6 rings (SSSR count). The summed E-state index contributed by atoms with van der Waals surface area (Å²) in [5.74, 6) is 0. The summed E-state index contributed by atoms with van der Waals surface area (Å²) in [5, 5.41) is 9.31. The van der Waals surface area contributed by atoms with Crippen LogP contribution in [0.4, 0.5) is 11.4 Å². The molecule has 2 aromatic carbocycles. The third-order valence-corrected chi connectivity index (χ3v) is 10.5. The van der Waals surface area contributed by atoms with E-state index in [-0.39, 0.29) is 10.8 Å². The molecule has 0 amide bonds. The van der Waals surface area contributed by atoms with Crippen LogP contribution in [0.1, 0.15) is 111 Å². The molecular weight excluding hydrogens is 619 g/mol. The zero-order valence-electron chi connectivity index (χ0n) is 31.5. The third kappa shape index (κ3) is 6.58. The molecule has 0 N–H and O–H groups in total. The summed E-state index contributed by atoms with van der Waals surface area (Å²) in [7, 11) is 0. The number of hydrogen-bond acceptors (Lipinski definition) is 5. The average molecular weight is 675 g/mol. The van der Waals surface area contributed by atoms with E-state index in [0.29, 0.717) is 18.9 Å². The van der Waals surface area contributed by atoms with Gasteiger partial charge in [0.2, 0.25) is 12.0 Å². The molecule has 0 saturated carbocycles. The van der Waals surface area contributed by atoms with Crippen molar-refractivity contribution in [3.05, 3.63) is 113 Å². The normalized spacial score (nSPS) is 19.9. The number of hydrogen-bond donors (Lipinski definition) is 0. The van der Waals surface area contributed by atoms with Crippen LogP contribution in [0.25, 0.3) is 5.70 Å². The van der Waals surface area contributed by atoms with Gasteiger partial charge in [0.1, 0.15) is 12.2 Å². The van der Waals surface area contributed by atoms with Crippen LogP contribution >= 0.6 is 0 Å². The number of anilines is 1. The van der Waals surface area contributed by atoms with Crippen molar-refractivity contribution in [1.29, 1.82) is 0 Å². The number of aromatic nitrogens is 3. The highest BCUT2D eigenvalue weighted by Crippen LogP contribution is 2.48. The minimum atomic E-state index is -0.548. The molecule has 3 heterocycles. The number of ether oxygens (including phenoxy) is 2. The lowest BCUT2D eigenvalue weighted by atomic mass is 9.81. The van der Waals surface area contributed by atoms with Gasteiger partial charge in [-0.05, 0) is 82.2 Å². The highest BCUT2D eigenvalue weighted by molar-refractivity contribution is 6.03. The molecule has 0 radical (unpaired) electrons. The van der Waals surface area contributed by atoms with E-state index in [1.54, 1.807) is 0 Å². The van der Waals surface area contributed by atoms with Gasteiger partial charge in [-0.1, -0.05) is 81.5 Å². The van der Waals surface area contributed by atoms with Gasteiger partial charge in [0.15, 0.2) is 5.71 Å². The van der Waals surface area contributed by atoms with Crippen molar-refractivity contribution < 1.29 is 14.0 Å².